The van der Waals surface area contributed by atoms with Crippen LogP contribution in [-0.2, 0) is 11.0 Å². The Balaban J connectivity index is 1.43. The third kappa shape index (κ3) is 5.89. The number of carbonyl (C=O) groups excluding carboxylic acids is 1. The number of fused-ring (bicyclic) bond motifs is 4. The molecule has 46 heavy (non-hydrogen) atoms. The van der Waals surface area contributed by atoms with Gasteiger partial charge in [0.05, 0.1) is 53.2 Å². The summed E-state index contributed by atoms with van der Waals surface area (Å²) in [6, 6.07) is 8.59. The van der Waals surface area contributed by atoms with Crippen LogP contribution in [0.25, 0.3) is 28.2 Å². The van der Waals surface area contributed by atoms with Crippen LogP contribution in [-0.4, -0.2) is 45.2 Å². The average molecular weight is 640 g/mol. The molecule has 0 saturated heterocycles. The molecular formula is C30H26F5N9O2. The molecule has 4 aromatic heterocycles. The third-order valence-corrected chi connectivity index (χ3v) is 7.83. The highest BCUT2D eigenvalue weighted by molar-refractivity contribution is 5.95. The quantitative estimate of drug-likeness (QED) is 0.246. The van der Waals surface area contributed by atoms with Crippen molar-refractivity contribution in [1.82, 2.24) is 39.3 Å². The first-order valence-electron chi connectivity index (χ1n) is 14.2. The van der Waals surface area contributed by atoms with Gasteiger partial charge in [0.2, 0.25) is 5.91 Å². The summed E-state index contributed by atoms with van der Waals surface area (Å²) >= 11 is 0. The molecule has 5 aromatic rings. The molecule has 0 fully saturated rings. The SMILES string of the molecule is Cc1ccc(-n2cc(C(F)(F)F)nn2)c(-c2cc(=O)n(C3CCCC(C)C(=O)Nc4cnn(C(F)F)c4-c4ccnc3c4)cn2)c1. The van der Waals surface area contributed by atoms with Crippen LogP contribution in [0.4, 0.5) is 27.6 Å². The molecule has 1 aliphatic heterocycles. The van der Waals surface area contributed by atoms with E-state index in [1.807, 2.05) is 0 Å². The lowest BCUT2D eigenvalue weighted by Crippen LogP contribution is -2.27. The van der Waals surface area contributed by atoms with Gasteiger partial charge in [-0.15, -0.1) is 5.10 Å². The fourth-order valence-corrected chi connectivity index (χ4v) is 5.46. The topological polar surface area (TPSA) is 125 Å². The van der Waals surface area contributed by atoms with Gasteiger partial charge in [-0.3, -0.25) is 19.1 Å². The molecule has 238 valence electrons. The van der Waals surface area contributed by atoms with Gasteiger partial charge in [0.15, 0.2) is 5.69 Å². The average Bonchev–Trinajstić information content (AvgIpc) is 3.67. The monoisotopic (exact) mass is 639 g/mol. The number of nitrogens with one attached hydrogen (secondary N) is 1. The second-order valence-electron chi connectivity index (χ2n) is 11.0. The predicted octanol–water partition coefficient (Wildman–Crippen LogP) is 5.82. The summed E-state index contributed by atoms with van der Waals surface area (Å²) in [5, 5.41) is 13.3. The van der Waals surface area contributed by atoms with Crippen LogP contribution in [0.15, 0.2) is 66.1 Å². The maximum Gasteiger partial charge on any atom is 0.436 e. The van der Waals surface area contributed by atoms with E-state index in [-0.39, 0.29) is 28.7 Å². The first kappa shape index (κ1) is 30.7. The van der Waals surface area contributed by atoms with Gasteiger partial charge >= 0.3 is 12.7 Å². The Morgan fingerprint density at radius 1 is 1.04 bits per heavy atom. The summed E-state index contributed by atoms with van der Waals surface area (Å²) in [5.74, 6) is -0.825. The van der Waals surface area contributed by atoms with Crippen molar-refractivity contribution in [1.29, 1.82) is 0 Å². The molecule has 1 N–H and O–H groups in total. The smallest absolute Gasteiger partial charge is 0.323 e. The van der Waals surface area contributed by atoms with Gasteiger partial charge in [0, 0.05) is 29.3 Å². The Kier molecular flexibility index (Phi) is 7.96. The number of nitrogens with zero attached hydrogens (tertiary/aromatic N) is 8. The lowest BCUT2D eigenvalue weighted by Gasteiger charge is -2.22. The number of rotatable bonds is 4. The van der Waals surface area contributed by atoms with Gasteiger partial charge in [-0.05, 0) is 44.0 Å². The Labute approximate surface area is 257 Å². The number of aryl methyl sites for hydroxylation is 1. The number of carbonyl (C=O) groups is 1. The number of hydrogen-bond acceptors (Lipinski definition) is 7. The number of amides is 1. The van der Waals surface area contributed by atoms with Crippen LogP contribution in [0.3, 0.4) is 0 Å². The Morgan fingerprint density at radius 3 is 2.57 bits per heavy atom. The second-order valence-corrected chi connectivity index (χ2v) is 11.0. The number of hydrogen-bond donors (Lipinski definition) is 1. The van der Waals surface area contributed by atoms with E-state index in [9.17, 15) is 31.5 Å². The van der Waals surface area contributed by atoms with Crippen LogP contribution >= 0.6 is 0 Å². The maximum absolute atomic E-state index is 13.9. The summed E-state index contributed by atoms with van der Waals surface area (Å²) in [6.07, 6.45) is 1.30. The fourth-order valence-electron chi connectivity index (χ4n) is 5.46. The summed E-state index contributed by atoms with van der Waals surface area (Å²) in [4.78, 5) is 35.6. The Morgan fingerprint density at radius 2 is 1.85 bits per heavy atom. The molecule has 1 aliphatic rings. The number of pyridine rings is 1. The molecule has 1 aromatic carbocycles. The first-order valence-corrected chi connectivity index (χ1v) is 14.2. The molecule has 6 rings (SSSR count). The number of benzene rings is 1. The predicted molar refractivity (Wildman–Crippen MR) is 155 cm³/mol. The highest BCUT2D eigenvalue weighted by atomic mass is 19.4. The number of halogens is 5. The van der Waals surface area contributed by atoms with Crippen molar-refractivity contribution in [2.24, 2.45) is 5.92 Å². The zero-order valence-corrected chi connectivity index (χ0v) is 24.4. The van der Waals surface area contributed by atoms with Crippen molar-refractivity contribution in [2.45, 2.75) is 51.9 Å². The lowest BCUT2D eigenvalue weighted by atomic mass is 9.97. The van der Waals surface area contributed by atoms with Gasteiger partial charge in [-0.25, -0.2) is 14.3 Å². The minimum Gasteiger partial charge on any atom is -0.323 e. The lowest BCUT2D eigenvalue weighted by molar-refractivity contribution is -0.141. The summed E-state index contributed by atoms with van der Waals surface area (Å²) in [7, 11) is 0. The molecule has 5 heterocycles. The van der Waals surface area contributed by atoms with E-state index in [2.05, 4.69) is 30.7 Å². The van der Waals surface area contributed by atoms with E-state index in [1.54, 1.807) is 38.1 Å². The summed E-state index contributed by atoms with van der Waals surface area (Å²) in [6.45, 7) is 0.522. The number of alkyl halides is 5. The van der Waals surface area contributed by atoms with E-state index in [0.29, 0.717) is 40.8 Å². The zero-order valence-electron chi connectivity index (χ0n) is 24.4. The van der Waals surface area contributed by atoms with Gasteiger partial charge in [0.25, 0.3) is 5.56 Å². The molecular weight excluding hydrogens is 613 g/mol. The molecule has 0 spiro atoms. The molecule has 0 saturated carbocycles. The summed E-state index contributed by atoms with van der Waals surface area (Å²) < 4.78 is 70.4. The minimum absolute atomic E-state index is 0.00638. The van der Waals surface area contributed by atoms with Gasteiger partial charge in [-0.1, -0.05) is 30.2 Å². The molecule has 0 aliphatic carbocycles. The standard InChI is InChI=1S/C30H26F5N9O2/c1-16-6-7-23(43-14-25(40-41-43)30(33,34)35)19(10-16)20-12-26(45)42(15-37-20)24-5-3-4-17(2)28(46)39-22-13-38-44(29(31)32)27(22)18-8-9-36-21(24)11-18/h6-15,17,24,29H,3-5H2,1-2H3,(H,39,46). The van der Waals surface area contributed by atoms with E-state index in [0.717, 1.165) is 16.4 Å². The van der Waals surface area contributed by atoms with Crippen molar-refractivity contribution in [3.05, 3.63) is 88.6 Å². The normalized spacial score (nSPS) is 17.3. The number of anilines is 1. The highest BCUT2D eigenvalue weighted by Crippen LogP contribution is 2.35. The van der Waals surface area contributed by atoms with Crippen LogP contribution in [0, 0.1) is 12.8 Å². The fraction of sp³-hybridized carbons (Fsp3) is 0.300. The van der Waals surface area contributed by atoms with E-state index in [4.69, 9.17) is 0 Å². The van der Waals surface area contributed by atoms with Crippen LogP contribution in [0.2, 0.25) is 0 Å². The zero-order chi connectivity index (χ0) is 32.7. The second kappa shape index (κ2) is 11.9. The first-order chi connectivity index (χ1) is 21.9. The summed E-state index contributed by atoms with van der Waals surface area (Å²) in [5.41, 5.74) is 0.717. The van der Waals surface area contributed by atoms with Gasteiger partial charge in [-0.2, -0.15) is 27.1 Å². The van der Waals surface area contributed by atoms with E-state index >= 15 is 0 Å². The van der Waals surface area contributed by atoms with Gasteiger partial charge in [0.1, 0.15) is 0 Å². The third-order valence-electron chi connectivity index (χ3n) is 7.83. The molecule has 2 atom stereocenters. The van der Waals surface area contributed by atoms with Crippen molar-refractivity contribution in [2.75, 3.05) is 5.32 Å². The molecule has 16 heteroatoms. The molecule has 1 amide bonds. The molecule has 11 nitrogen and oxygen atoms in total. The molecule has 2 unspecified atom stereocenters. The van der Waals surface area contributed by atoms with Crippen LogP contribution in [0.1, 0.15) is 55.7 Å². The highest BCUT2D eigenvalue weighted by Gasteiger charge is 2.35. The Hall–Kier alpha value is -5.28. The number of aromatic nitrogens is 8. The van der Waals surface area contributed by atoms with Crippen molar-refractivity contribution in [3.8, 4) is 28.2 Å². The minimum atomic E-state index is -4.69. The van der Waals surface area contributed by atoms with Crippen molar-refractivity contribution in [3.63, 3.8) is 0 Å². The Bertz CT molecular complexity index is 1980. The molecule has 0 radical (unpaired) electrons. The van der Waals surface area contributed by atoms with Crippen LogP contribution in [0.5, 0.6) is 0 Å². The van der Waals surface area contributed by atoms with E-state index in [1.165, 1.54) is 35.4 Å². The largest absolute Gasteiger partial charge is 0.436 e. The van der Waals surface area contributed by atoms with E-state index < -0.39 is 35.9 Å². The maximum atomic E-state index is 13.9. The van der Waals surface area contributed by atoms with Crippen molar-refractivity contribution < 1.29 is 26.7 Å². The van der Waals surface area contributed by atoms with Gasteiger partial charge < -0.3 is 5.32 Å². The molecule has 2 bridgehead atoms. The van der Waals surface area contributed by atoms with Crippen LogP contribution < -0.4 is 10.9 Å². The van der Waals surface area contributed by atoms with Crippen molar-refractivity contribution >= 4 is 11.6 Å².